The number of H-pyrrole nitrogens is 1. The van der Waals surface area contributed by atoms with Crippen LogP contribution in [0.15, 0.2) is 24.5 Å². The zero-order valence-electron chi connectivity index (χ0n) is 12.2. The molecule has 0 aliphatic carbocycles. The van der Waals surface area contributed by atoms with Crippen molar-refractivity contribution in [1.82, 2.24) is 20.5 Å². The quantitative estimate of drug-likeness (QED) is 0.846. The van der Waals surface area contributed by atoms with Gasteiger partial charge >= 0.3 is 0 Å². The van der Waals surface area contributed by atoms with Crippen molar-refractivity contribution in [1.29, 1.82) is 0 Å². The Balaban J connectivity index is 2.11. The summed E-state index contributed by atoms with van der Waals surface area (Å²) in [4.78, 5) is 4.15. The molecule has 20 heavy (non-hydrogen) atoms. The van der Waals surface area contributed by atoms with Crippen LogP contribution in [0.25, 0.3) is 0 Å². The molecule has 0 aliphatic heterocycles. The Labute approximate surface area is 118 Å². The molecule has 0 aliphatic rings. The van der Waals surface area contributed by atoms with Gasteiger partial charge < -0.3 is 14.8 Å². The van der Waals surface area contributed by atoms with Crippen molar-refractivity contribution in [2.45, 2.75) is 25.9 Å². The van der Waals surface area contributed by atoms with Gasteiger partial charge in [-0.1, -0.05) is 6.07 Å². The molecule has 0 bridgehead atoms. The fraction of sp³-hybridized carbons (Fsp3) is 0.429. The van der Waals surface area contributed by atoms with Crippen LogP contribution in [0.5, 0.6) is 11.5 Å². The summed E-state index contributed by atoms with van der Waals surface area (Å²) in [5.41, 5.74) is 1.12. The number of nitrogens with zero attached hydrogens (tertiary/aromatic N) is 2. The van der Waals surface area contributed by atoms with Gasteiger partial charge in [0.15, 0.2) is 11.5 Å². The van der Waals surface area contributed by atoms with Gasteiger partial charge in [0.05, 0.1) is 20.3 Å². The van der Waals surface area contributed by atoms with E-state index in [4.69, 9.17) is 9.47 Å². The molecule has 2 aromatic rings. The van der Waals surface area contributed by atoms with Crippen molar-refractivity contribution in [3.63, 3.8) is 0 Å². The number of benzene rings is 1. The Kier molecular flexibility index (Phi) is 4.57. The Morgan fingerprint density at radius 1 is 1.10 bits per heavy atom. The number of rotatable bonds is 6. The van der Waals surface area contributed by atoms with Crippen molar-refractivity contribution >= 4 is 0 Å². The molecule has 0 fully saturated rings. The zero-order valence-corrected chi connectivity index (χ0v) is 12.2. The summed E-state index contributed by atoms with van der Waals surface area (Å²) in [6.07, 6.45) is 1.51. The van der Waals surface area contributed by atoms with Crippen molar-refractivity contribution in [2.24, 2.45) is 0 Å². The van der Waals surface area contributed by atoms with Crippen LogP contribution < -0.4 is 14.8 Å². The average Bonchev–Trinajstić information content (AvgIpc) is 3.00. The van der Waals surface area contributed by atoms with Crippen LogP contribution >= 0.6 is 0 Å². The second-order valence-corrected chi connectivity index (χ2v) is 4.60. The maximum absolute atomic E-state index is 5.32. The second-order valence-electron chi connectivity index (χ2n) is 4.60. The first-order valence-corrected chi connectivity index (χ1v) is 6.49. The van der Waals surface area contributed by atoms with E-state index in [0.29, 0.717) is 0 Å². The predicted octanol–water partition coefficient (Wildman–Crippen LogP) is 2.23. The normalized spacial score (nSPS) is 13.8. The highest BCUT2D eigenvalue weighted by Crippen LogP contribution is 2.30. The van der Waals surface area contributed by atoms with E-state index in [0.717, 1.165) is 22.9 Å². The standard InChI is InChI=1S/C14H20N4O2/c1-9(17-10(2)14-15-8-16-18-14)11-5-6-12(19-3)13(7-11)20-4/h5-10,17H,1-4H3,(H,15,16,18). The van der Waals surface area contributed by atoms with E-state index in [1.54, 1.807) is 14.2 Å². The first kappa shape index (κ1) is 14.3. The van der Waals surface area contributed by atoms with Gasteiger partial charge in [-0.15, -0.1) is 0 Å². The molecule has 0 saturated heterocycles. The molecule has 6 nitrogen and oxygen atoms in total. The average molecular weight is 276 g/mol. The van der Waals surface area contributed by atoms with Crippen LogP contribution in [-0.4, -0.2) is 29.4 Å². The minimum absolute atomic E-state index is 0.0839. The number of hydrogen-bond acceptors (Lipinski definition) is 5. The first-order chi connectivity index (χ1) is 9.65. The monoisotopic (exact) mass is 276 g/mol. The second kappa shape index (κ2) is 6.38. The highest BCUT2D eigenvalue weighted by molar-refractivity contribution is 5.43. The molecule has 1 aromatic heterocycles. The molecule has 2 N–H and O–H groups in total. The molecule has 1 heterocycles. The third-order valence-corrected chi connectivity index (χ3v) is 3.25. The zero-order chi connectivity index (χ0) is 14.5. The number of methoxy groups -OCH3 is 2. The Bertz CT molecular complexity index is 542. The van der Waals surface area contributed by atoms with Gasteiger partial charge in [0.25, 0.3) is 0 Å². The van der Waals surface area contributed by atoms with Gasteiger partial charge in [-0.05, 0) is 31.5 Å². The molecule has 0 radical (unpaired) electrons. The van der Waals surface area contributed by atoms with Gasteiger partial charge in [-0.25, -0.2) is 4.98 Å². The Morgan fingerprint density at radius 3 is 2.45 bits per heavy atom. The molecule has 2 atom stereocenters. The van der Waals surface area contributed by atoms with Crippen LogP contribution in [0.4, 0.5) is 0 Å². The SMILES string of the molecule is COc1ccc(C(C)NC(C)c2ncn[nH]2)cc1OC. The smallest absolute Gasteiger partial charge is 0.161 e. The molecular weight excluding hydrogens is 256 g/mol. The van der Waals surface area contributed by atoms with Gasteiger partial charge in [-0.2, -0.15) is 5.10 Å². The van der Waals surface area contributed by atoms with E-state index in [1.165, 1.54) is 6.33 Å². The summed E-state index contributed by atoms with van der Waals surface area (Å²) in [7, 11) is 3.27. The summed E-state index contributed by atoms with van der Waals surface area (Å²) in [6.45, 7) is 4.13. The lowest BCUT2D eigenvalue weighted by Gasteiger charge is -2.19. The molecule has 108 valence electrons. The number of nitrogens with one attached hydrogen (secondary N) is 2. The lowest BCUT2D eigenvalue weighted by Crippen LogP contribution is -2.23. The molecule has 2 rings (SSSR count). The molecule has 1 aromatic carbocycles. The van der Waals surface area contributed by atoms with Crippen LogP contribution in [-0.2, 0) is 0 Å². The first-order valence-electron chi connectivity index (χ1n) is 6.49. The third-order valence-electron chi connectivity index (χ3n) is 3.25. The molecule has 6 heteroatoms. The highest BCUT2D eigenvalue weighted by atomic mass is 16.5. The fourth-order valence-electron chi connectivity index (χ4n) is 2.10. The maximum Gasteiger partial charge on any atom is 0.161 e. The molecule has 0 amide bonds. The summed E-state index contributed by atoms with van der Waals surface area (Å²) >= 11 is 0. The maximum atomic E-state index is 5.32. The lowest BCUT2D eigenvalue weighted by molar-refractivity contribution is 0.353. The van der Waals surface area contributed by atoms with Crippen LogP contribution in [0.1, 0.15) is 37.3 Å². The van der Waals surface area contributed by atoms with Gasteiger partial charge in [0.2, 0.25) is 0 Å². The Hall–Kier alpha value is -2.08. The number of ether oxygens (including phenoxy) is 2. The minimum Gasteiger partial charge on any atom is -0.493 e. The summed E-state index contributed by atoms with van der Waals surface area (Å²) in [6, 6.07) is 6.14. The summed E-state index contributed by atoms with van der Waals surface area (Å²) in [5.74, 6) is 2.27. The van der Waals surface area contributed by atoms with E-state index in [9.17, 15) is 0 Å². The molecule has 2 unspecified atom stereocenters. The number of aromatic nitrogens is 3. The van der Waals surface area contributed by atoms with Crippen LogP contribution in [0, 0.1) is 0 Å². The Morgan fingerprint density at radius 2 is 1.85 bits per heavy atom. The van der Waals surface area contributed by atoms with Gasteiger partial charge in [0.1, 0.15) is 12.2 Å². The van der Waals surface area contributed by atoms with Crippen molar-refractivity contribution in [3.05, 3.63) is 35.9 Å². The van der Waals surface area contributed by atoms with Gasteiger partial charge in [-0.3, -0.25) is 5.10 Å². The van der Waals surface area contributed by atoms with E-state index in [2.05, 4.69) is 27.4 Å². The van der Waals surface area contributed by atoms with Gasteiger partial charge in [0, 0.05) is 6.04 Å². The van der Waals surface area contributed by atoms with Crippen LogP contribution in [0.3, 0.4) is 0 Å². The third kappa shape index (κ3) is 3.08. The van der Waals surface area contributed by atoms with Crippen molar-refractivity contribution in [3.8, 4) is 11.5 Å². The van der Waals surface area contributed by atoms with E-state index in [1.807, 2.05) is 25.1 Å². The van der Waals surface area contributed by atoms with E-state index < -0.39 is 0 Å². The summed E-state index contributed by atoms with van der Waals surface area (Å²) < 4.78 is 10.6. The summed E-state index contributed by atoms with van der Waals surface area (Å²) in [5, 5.41) is 10.2. The van der Waals surface area contributed by atoms with E-state index in [-0.39, 0.29) is 12.1 Å². The topological polar surface area (TPSA) is 72.1 Å². The molecular formula is C14H20N4O2. The molecule has 0 spiro atoms. The molecule has 0 saturated carbocycles. The van der Waals surface area contributed by atoms with Crippen molar-refractivity contribution < 1.29 is 9.47 Å². The number of aromatic amines is 1. The van der Waals surface area contributed by atoms with Crippen LogP contribution in [0.2, 0.25) is 0 Å². The highest BCUT2D eigenvalue weighted by Gasteiger charge is 2.15. The minimum atomic E-state index is 0.0839. The predicted molar refractivity (Wildman–Crippen MR) is 75.9 cm³/mol. The van der Waals surface area contributed by atoms with E-state index >= 15 is 0 Å². The number of hydrogen-bond donors (Lipinski definition) is 2. The largest absolute Gasteiger partial charge is 0.493 e. The fourth-order valence-corrected chi connectivity index (χ4v) is 2.10. The lowest BCUT2D eigenvalue weighted by atomic mass is 10.1. The van der Waals surface area contributed by atoms with Crippen molar-refractivity contribution in [2.75, 3.05) is 14.2 Å².